The van der Waals surface area contributed by atoms with E-state index in [0.717, 1.165) is 39.8 Å². The van der Waals surface area contributed by atoms with Crippen LogP contribution >= 0.6 is 11.8 Å². The van der Waals surface area contributed by atoms with Gasteiger partial charge in [-0.15, -0.1) is 0 Å². The van der Waals surface area contributed by atoms with Crippen LogP contribution in [0.4, 0.5) is 11.5 Å². The van der Waals surface area contributed by atoms with E-state index in [-0.39, 0.29) is 6.04 Å². The molecule has 0 radical (unpaired) electrons. The molecule has 3 heterocycles. The SMILES string of the molecule is O=C(O)C(=O)N1CCC(NCc2ccc3c(c2)Nc2nccnc2S3)CC1. The van der Waals surface area contributed by atoms with E-state index in [9.17, 15) is 9.59 Å². The number of rotatable bonds is 3. The number of anilines is 2. The second-order valence-electron chi connectivity index (χ2n) is 6.52. The Labute approximate surface area is 160 Å². The van der Waals surface area contributed by atoms with Crippen LogP contribution in [0.25, 0.3) is 0 Å². The first-order valence-electron chi connectivity index (χ1n) is 8.74. The molecule has 0 saturated carbocycles. The van der Waals surface area contributed by atoms with Gasteiger partial charge < -0.3 is 20.6 Å². The van der Waals surface area contributed by atoms with Gasteiger partial charge in [0.25, 0.3) is 0 Å². The summed E-state index contributed by atoms with van der Waals surface area (Å²) in [5, 5.41) is 16.5. The minimum absolute atomic E-state index is 0.271. The maximum Gasteiger partial charge on any atom is 0.394 e. The standard InChI is InChI=1S/C18H19N5O3S/c24-17(18(25)26)23-7-3-12(4-8-23)21-10-11-1-2-14-13(9-11)22-15-16(27-14)20-6-5-19-15/h1-2,5-6,9,12,21H,3-4,7-8,10H2,(H,19,22)(H,25,26). The average Bonchev–Trinajstić information content (AvgIpc) is 2.70. The van der Waals surface area contributed by atoms with Gasteiger partial charge >= 0.3 is 11.9 Å². The lowest BCUT2D eigenvalue weighted by molar-refractivity contribution is -0.156. The number of likely N-dealkylation sites (tertiary alicyclic amines) is 1. The van der Waals surface area contributed by atoms with Crippen LogP contribution in [0.2, 0.25) is 0 Å². The number of carboxylic acid groups (broad SMARTS) is 1. The number of hydrogen-bond acceptors (Lipinski definition) is 7. The van der Waals surface area contributed by atoms with Gasteiger partial charge in [0.05, 0.1) is 5.69 Å². The minimum Gasteiger partial charge on any atom is -0.474 e. The van der Waals surface area contributed by atoms with Gasteiger partial charge in [-0.05, 0) is 30.5 Å². The molecular formula is C18H19N5O3S. The maximum absolute atomic E-state index is 11.5. The molecule has 8 nitrogen and oxygen atoms in total. The first kappa shape index (κ1) is 17.7. The number of nitrogens with zero attached hydrogens (tertiary/aromatic N) is 3. The molecule has 1 saturated heterocycles. The monoisotopic (exact) mass is 385 g/mol. The van der Waals surface area contributed by atoms with Crippen LogP contribution < -0.4 is 10.6 Å². The summed E-state index contributed by atoms with van der Waals surface area (Å²) in [5.41, 5.74) is 2.17. The van der Waals surface area contributed by atoms with Gasteiger partial charge in [-0.1, -0.05) is 17.8 Å². The Morgan fingerprint density at radius 2 is 2.04 bits per heavy atom. The molecule has 0 aliphatic carbocycles. The molecular weight excluding hydrogens is 366 g/mol. The highest BCUT2D eigenvalue weighted by Gasteiger charge is 2.26. The average molecular weight is 385 g/mol. The van der Waals surface area contributed by atoms with Crippen LogP contribution in [-0.2, 0) is 16.1 Å². The van der Waals surface area contributed by atoms with E-state index in [1.165, 1.54) is 4.90 Å². The van der Waals surface area contributed by atoms with Crippen molar-refractivity contribution in [2.45, 2.75) is 35.3 Å². The summed E-state index contributed by atoms with van der Waals surface area (Å²) < 4.78 is 0. The number of fused-ring (bicyclic) bond motifs is 2. The quantitative estimate of drug-likeness (QED) is 0.587. The smallest absolute Gasteiger partial charge is 0.394 e. The third-order valence-electron chi connectivity index (χ3n) is 4.73. The van der Waals surface area contributed by atoms with Gasteiger partial charge in [0, 0.05) is 43.0 Å². The van der Waals surface area contributed by atoms with Crippen molar-refractivity contribution in [1.82, 2.24) is 20.2 Å². The number of carbonyl (C=O) groups excluding carboxylic acids is 1. The molecule has 1 fully saturated rings. The van der Waals surface area contributed by atoms with E-state index in [2.05, 4.69) is 38.8 Å². The van der Waals surface area contributed by atoms with E-state index in [4.69, 9.17) is 5.11 Å². The molecule has 27 heavy (non-hydrogen) atoms. The van der Waals surface area contributed by atoms with Crippen molar-refractivity contribution in [3.8, 4) is 0 Å². The molecule has 0 bridgehead atoms. The van der Waals surface area contributed by atoms with Crippen LogP contribution in [0.15, 0.2) is 40.5 Å². The molecule has 2 aliphatic rings. The first-order valence-corrected chi connectivity index (χ1v) is 9.56. The highest BCUT2D eigenvalue weighted by Crippen LogP contribution is 2.41. The van der Waals surface area contributed by atoms with Crippen LogP contribution in [0.1, 0.15) is 18.4 Å². The normalized spacial score (nSPS) is 16.2. The minimum atomic E-state index is -1.38. The van der Waals surface area contributed by atoms with Crippen molar-refractivity contribution < 1.29 is 14.7 Å². The number of carbonyl (C=O) groups is 2. The Hall–Kier alpha value is -2.65. The van der Waals surface area contributed by atoms with E-state index < -0.39 is 11.9 Å². The Balaban J connectivity index is 1.33. The fraction of sp³-hybridized carbons (Fsp3) is 0.333. The number of amides is 1. The van der Waals surface area contributed by atoms with Crippen molar-refractivity contribution in [3.63, 3.8) is 0 Å². The summed E-state index contributed by atoms with van der Waals surface area (Å²) >= 11 is 1.60. The van der Waals surface area contributed by atoms with Crippen molar-refractivity contribution in [3.05, 3.63) is 36.2 Å². The summed E-state index contributed by atoms with van der Waals surface area (Å²) in [7, 11) is 0. The maximum atomic E-state index is 11.5. The van der Waals surface area contributed by atoms with Crippen LogP contribution in [0.5, 0.6) is 0 Å². The number of hydrogen-bond donors (Lipinski definition) is 3. The number of piperidine rings is 1. The highest BCUT2D eigenvalue weighted by molar-refractivity contribution is 7.99. The third-order valence-corrected chi connectivity index (χ3v) is 5.80. The topological polar surface area (TPSA) is 107 Å². The second-order valence-corrected chi connectivity index (χ2v) is 7.55. The van der Waals surface area contributed by atoms with E-state index in [0.29, 0.717) is 19.6 Å². The highest BCUT2D eigenvalue weighted by atomic mass is 32.2. The second kappa shape index (κ2) is 7.53. The number of nitrogens with one attached hydrogen (secondary N) is 2. The van der Waals surface area contributed by atoms with Crippen LogP contribution in [-0.4, -0.2) is 51.0 Å². The predicted molar refractivity (Wildman–Crippen MR) is 100.0 cm³/mol. The Bertz CT molecular complexity index is 883. The van der Waals surface area contributed by atoms with E-state index in [1.54, 1.807) is 24.2 Å². The number of carboxylic acids is 1. The van der Waals surface area contributed by atoms with Crippen molar-refractivity contribution in [2.75, 3.05) is 18.4 Å². The lowest BCUT2D eigenvalue weighted by Gasteiger charge is -2.31. The molecule has 2 aliphatic heterocycles. The number of benzene rings is 1. The molecule has 1 aromatic carbocycles. The molecule has 3 N–H and O–H groups in total. The summed E-state index contributed by atoms with van der Waals surface area (Å²) in [5.74, 6) is -1.42. The zero-order chi connectivity index (χ0) is 18.8. The summed E-state index contributed by atoms with van der Waals surface area (Å²) in [6.45, 7) is 1.66. The Morgan fingerprint density at radius 3 is 2.81 bits per heavy atom. The molecule has 140 valence electrons. The van der Waals surface area contributed by atoms with Gasteiger partial charge in [0.2, 0.25) is 0 Å². The fourth-order valence-electron chi connectivity index (χ4n) is 3.28. The summed E-state index contributed by atoms with van der Waals surface area (Å²) in [6.07, 6.45) is 4.86. The number of aliphatic carboxylic acids is 1. The molecule has 0 atom stereocenters. The van der Waals surface area contributed by atoms with Crippen molar-refractivity contribution in [1.29, 1.82) is 0 Å². The van der Waals surface area contributed by atoms with Gasteiger partial charge in [0.1, 0.15) is 5.03 Å². The molecule has 1 aromatic heterocycles. The van der Waals surface area contributed by atoms with Crippen molar-refractivity contribution >= 4 is 35.1 Å². The predicted octanol–water partition coefficient (Wildman–Crippen LogP) is 1.85. The molecule has 4 rings (SSSR count). The number of aromatic nitrogens is 2. The van der Waals surface area contributed by atoms with Gasteiger partial charge in [-0.3, -0.25) is 4.79 Å². The molecule has 1 amide bonds. The first-order chi connectivity index (χ1) is 13.1. The molecule has 0 spiro atoms. The Kier molecular flexibility index (Phi) is 4.95. The van der Waals surface area contributed by atoms with E-state index in [1.807, 2.05) is 0 Å². The van der Waals surface area contributed by atoms with Gasteiger partial charge in [0.15, 0.2) is 5.82 Å². The summed E-state index contributed by atoms with van der Waals surface area (Å²) in [6, 6.07) is 6.55. The zero-order valence-corrected chi connectivity index (χ0v) is 15.3. The fourth-order valence-corrected chi connectivity index (χ4v) is 4.15. The zero-order valence-electron chi connectivity index (χ0n) is 14.5. The van der Waals surface area contributed by atoms with E-state index >= 15 is 0 Å². The van der Waals surface area contributed by atoms with Crippen LogP contribution in [0.3, 0.4) is 0 Å². The molecule has 2 aromatic rings. The van der Waals surface area contributed by atoms with Gasteiger partial charge in [-0.25, -0.2) is 14.8 Å². The lowest BCUT2D eigenvalue weighted by atomic mass is 10.0. The summed E-state index contributed by atoms with van der Waals surface area (Å²) in [4.78, 5) is 33.4. The Morgan fingerprint density at radius 1 is 1.26 bits per heavy atom. The van der Waals surface area contributed by atoms with Gasteiger partial charge in [-0.2, -0.15) is 0 Å². The molecule has 0 unspecified atom stereocenters. The molecule has 9 heteroatoms. The van der Waals surface area contributed by atoms with Crippen LogP contribution in [0, 0.1) is 0 Å². The van der Waals surface area contributed by atoms with Crippen molar-refractivity contribution in [2.24, 2.45) is 0 Å². The third kappa shape index (κ3) is 3.88. The lowest BCUT2D eigenvalue weighted by Crippen LogP contribution is -2.46. The largest absolute Gasteiger partial charge is 0.474 e.